The lowest BCUT2D eigenvalue weighted by molar-refractivity contribution is -0.141. The summed E-state index contributed by atoms with van der Waals surface area (Å²) in [7, 11) is 0. The van der Waals surface area contributed by atoms with E-state index in [1.54, 1.807) is 6.20 Å². The Morgan fingerprint density at radius 2 is 2.25 bits per heavy atom. The number of carbonyl (C=O) groups is 2. The molecule has 2 rings (SSSR count). The van der Waals surface area contributed by atoms with E-state index in [0.29, 0.717) is 0 Å². The molecule has 108 valence electrons. The smallest absolute Gasteiger partial charge is 0.326 e. The standard InChI is InChI=1S/C13H17N3O4/c1-8-2-3-9(5-14-8)6-15-13(20)16-7-10(17)4-11(16)12(18)19/h2-3,5,10-11,17H,4,6-7H2,1H3,(H,15,20)(H,18,19)/t10-,11+/m1/s1. The van der Waals surface area contributed by atoms with Gasteiger partial charge in [0.05, 0.1) is 6.10 Å². The molecule has 7 heteroatoms. The van der Waals surface area contributed by atoms with Crippen molar-refractivity contribution < 1.29 is 19.8 Å². The zero-order chi connectivity index (χ0) is 14.7. The van der Waals surface area contributed by atoms with Gasteiger partial charge in [-0.3, -0.25) is 4.98 Å². The van der Waals surface area contributed by atoms with Gasteiger partial charge in [-0.05, 0) is 18.6 Å². The number of aromatic nitrogens is 1. The van der Waals surface area contributed by atoms with Crippen molar-refractivity contribution in [2.24, 2.45) is 0 Å². The van der Waals surface area contributed by atoms with Crippen LogP contribution in [0.4, 0.5) is 4.79 Å². The number of aliphatic hydroxyl groups is 1. The molecule has 0 radical (unpaired) electrons. The average Bonchev–Trinajstić information content (AvgIpc) is 2.80. The molecule has 2 atom stereocenters. The molecule has 20 heavy (non-hydrogen) atoms. The van der Waals surface area contributed by atoms with Gasteiger partial charge in [-0.15, -0.1) is 0 Å². The molecular weight excluding hydrogens is 262 g/mol. The van der Waals surface area contributed by atoms with Gasteiger partial charge in [0.25, 0.3) is 0 Å². The number of nitrogens with one attached hydrogen (secondary N) is 1. The number of carboxylic acid groups (broad SMARTS) is 1. The lowest BCUT2D eigenvalue weighted by Crippen LogP contribution is -2.45. The quantitative estimate of drug-likeness (QED) is 0.729. The minimum Gasteiger partial charge on any atom is -0.480 e. The van der Waals surface area contributed by atoms with E-state index >= 15 is 0 Å². The Labute approximate surface area is 116 Å². The summed E-state index contributed by atoms with van der Waals surface area (Å²) in [6, 6.07) is 2.22. The highest BCUT2D eigenvalue weighted by Gasteiger charge is 2.38. The topological polar surface area (TPSA) is 103 Å². The number of amides is 2. The lowest BCUT2D eigenvalue weighted by atomic mass is 10.2. The maximum absolute atomic E-state index is 12.0. The fourth-order valence-corrected chi connectivity index (χ4v) is 2.15. The van der Waals surface area contributed by atoms with Crippen molar-refractivity contribution in [3.8, 4) is 0 Å². The van der Waals surface area contributed by atoms with Crippen molar-refractivity contribution in [1.29, 1.82) is 0 Å². The van der Waals surface area contributed by atoms with Crippen LogP contribution in [0, 0.1) is 6.92 Å². The largest absolute Gasteiger partial charge is 0.480 e. The van der Waals surface area contributed by atoms with Crippen molar-refractivity contribution in [3.05, 3.63) is 29.6 Å². The van der Waals surface area contributed by atoms with Crippen LogP contribution in [0.1, 0.15) is 17.7 Å². The minimum atomic E-state index is -1.10. The maximum atomic E-state index is 12.0. The van der Waals surface area contributed by atoms with Gasteiger partial charge in [0.15, 0.2) is 0 Å². The number of β-amino-alcohol motifs (C(OH)–C–C–N with tert-alkyl or cyclic N) is 1. The first-order valence-corrected chi connectivity index (χ1v) is 6.34. The van der Waals surface area contributed by atoms with Gasteiger partial charge >= 0.3 is 12.0 Å². The molecule has 0 saturated carbocycles. The number of hydrogen-bond donors (Lipinski definition) is 3. The van der Waals surface area contributed by atoms with Crippen molar-refractivity contribution in [1.82, 2.24) is 15.2 Å². The molecule has 2 amide bonds. The molecule has 0 bridgehead atoms. The third-order valence-electron chi connectivity index (χ3n) is 3.24. The molecule has 0 aliphatic carbocycles. The van der Waals surface area contributed by atoms with Crippen molar-refractivity contribution in [2.75, 3.05) is 6.54 Å². The van der Waals surface area contributed by atoms with Gasteiger partial charge in [-0.1, -0.05) is 6.07 Å². The molecule has 3 N–H and O–H groups in total. The second-order valence-corrected chi connectivity index (χ2v) is 4.86. The first-order valence-electron chi connectivity index (χ1n) is 6.34. The number of hydrogen-bond acceptors (Lipinski definition) is 4. The summed E-state index contributed by atoms with van der Waals surface area (Å²) < 4.78 is 0. The van der Waals surface area contributed by atoms with E-state index in [0.717, 1.165) is 16.2 Å². The van der Waals surface area contributed by atoms with E-state index in [2.05, 4.69) is 10.3 Å². The van der Waals surface area contributed by atoms with Crippen molar-refractivity contribution >= 4 is 12.0 Å². The number of aliphatic carboxylic acids is 1. The SMILES string of the molecule is Cc1ccc(CNC(=O)N2C[C@H](O)C[C@H]2C(=O)O)cn1. The van der Waals surface area contributed by atoms with E-state index in [-0.39, 0.29) is 19.5 Å². The van der Waals surface area contributed by atoms with E-state index in [4.69, 9.17) is 5.11 Å². The molecule has 1 aliphatic heterocycles. The number of urea groups is 1. The summed E-state index contributed by atoms with van der Waals surface area (Å²) in [4.78, 5) is 28.3. The zero-order valence-corrected chi connectivity index (χ0v) is 11.1. The monoisotopic (exact) mass is 279 g/mol. The van der Waals surface area contributed by atoms with Crippen LogP contribution >= 0.6 is 0 Å². The number of carbonyl (C=O) groups excluding carboxylic acids is 1. The summed E-state index contributed by atoms with van der Waals surface area (Å²) in [6.45, 7) is 2.17. The molecule has 0 spiro atoms. The van der Waals surface area contributed by atoms with E-state index in [1.165, 1.54) is 0 Å². The summed E-state index contributed by atoms with van der Waals surface area (Å²) in [5.41, 5.74) is 1.71. The molecule has 0 unspecified atom stereocenters. The lowest BCUT2D eigenvalue weighted by Gasteiger charge is -2.21. The normalized spacial score (nSPS) is 21.8. The predicted molar refractivity (Wildman–Crippen MR) is 70.0 cm³/mol. The van der Waals surface area contributed by atoms with Crippen LogP contribution in [0.25, 0.3) is 0 Å². The molecule has 2 heterocycles. The first kappa shape index (κ1) is 14.3. The molecule has 7 nitrogen and oxygen atoms in total. The fourth-order valence-electron chi connectivity index (χ4n) is 2.15. The molecule has 1 aromatic rings. The van der Waals surface area contributed by atoms with Crippen LogP contribution in [0.15, 0.2) is 18.3 Å². The Bertz CT molecular complexity index is 503. The van der Waals surface area contributed by atoms with Crippen LogP contribution in [0.3, 0.4) is 0 Å². The van der Waals surface area contributed by atoms with Gasteiger partial charge < -0.3 is 20.4 Å². The third-order valence-corrected chi connectivity index (χ3v) is 3.24. The summed E-state index contributed by atoms with van der Waals surface area (Å²) in [6.07, 6.45) is 0.931. The Balaban J connectivity index is 1.94. The van der Waals surface area contributed by atoms with Crippen LogP contribution in [0.2, 0.25) is 0 Å². The Kier molecular flexibility index (Phi) is 4.19. The molecule has 0 aromatic carbocycles. The Morgan fingerprint density at radius 1 is 1.50 bits per heavy atom. The number of rotatable bonds is 3. The first-order chi connectivity index (χ1) is 9.47. The molecule has 1 aromatic heterocycles. The summed E-state index contributed by atoms with van der Waals surface area (Å²) in [5.74, 6) is -1.10. The highest BCUT2D eigenvalue weighted by atomic mass is 16.4. The van der Waals surface area contributed by atoms with Crippen LogP contribution in [-0.4, -0.2) is 50.8 Å². The number of aliphatic hydroxyl groups excluding tert-OH is 1. The predicted octanol–water partition coefficient (Wildman–Crippen LogP) is 0.119. The maximum Gasteiger partial charge on any atom is 0.326 e. The average molecular weight is 279 g/mol. The molecule has 1 saturated heterocycles. The highest BCUT2D eigenvalue weighted by Crippen LogP contribution is 2.18. The number of pyridine rings is 1. The third kappa shape index (κ3) is 3.24. The second-order valence-electron chi connectivity index (χ2n) is 4.86. The van der Waals surface area contributed by atoms with Crippen LogP contribution in [-0.2, 0) is 11.3 Å². The van der Waals surface area contributed by atoms with Crippen LogP contribution < -0.4 is 5.32 Å². The molecule has 1 fully saturated rings. The fraction of sp³-hybridized carbons (Fsp3) is 0.462. The van der Waals surface area contributed by atoms with Gasteiger partial charge in [0.1, 0.15) is 6.04 Å². The molecule has 1 aliphatic rings. The van der Waals surface area contributed by atoms with E-state index in [1.807, 2.05) is 19.1 Å². The zero-order valence-electron chi connectivity index (χ0n) is 11.1. The molecular formula is C13H17N3O4. The van der Waals surface area contributed by atoms with Gasteiger partial charge in [-0.25, -0.2) is 9.59 Å². The Hall–Kier alpha value is -2.15. The number of likely N-dealkylation sites (tertiary alicyclic amines) is 1. The van der Waals surface area contributed by atoms with Crippen LogP contribution in [0.5, 0.6) is 0 Å². The summed E-state index contributed by atoms with van der Waals surface area (Å²) >= 11 is 0. The van der Waals surface area contributed by atoms with Crippen molar-refractivity contribution in [3.63, 3.8) is 0 Å². The number of carboxylic acids is 1. The highest BCUT2D eigenvalue weighted by molar-refractivity contribution is 5.83. The van der Waals surface area contributed by atoms with Gasteiger partial charge in [-0.2, -0.15) is 0 Å². The number of aryl methyl sites for hydroxylation is 1. The van der Waals surface area contributed by atoms with Gasteiger partial charge in [0, 0.05) is 31.4 Å². The number of nitrogens with zero attached hydrogens (tertiary/aromatic N) is 2. The second kappa shape index (κ2) is 5.87. The minimum absolute atomic E-state index is 0.0367. The van der Waals surface area contributed by atoms with Gasteiger partial charge in [0.2, 0.25) is 0 Å². The Morgan fingerprint density at radius 3 is 2.85 bits per heavy atom. The van der Waals surface area contributed by atoms with Crippen molar-refractivity contribution in [2.45, 2.75) is 32.0 Å². The van der Waals surface area contributed by atoms with E-state index < -0.39 is 24.1 Å². The van der Waals surface area contributed by atoms with E-state index in [9.17, 15) is 14.7 Å². The summed E-state index contributed by atoms with van der Waals surface area (Å²) in [5, 5.41) is 21.2.